The van der Waals surface area contributed by atoms with Crippen molar-refractivity contribution in [1.29, 1.82) is 5.26 Å². The monoisotopic (exact) mass is 592 g/mol. The summed E-state index contributed by atoms with van der Waals surface area (Å²) >= 11 is 12.5. The highest BCUT2D eigenvalue weighted by Crippen LogP contribution is 2.37. The van der Waals surface area contributed by atoms with Crippen LogP contribution < -0.4 is 16.2 Å². The van der Waals surface area contributed by atoms with Crippen molar-refractivity contribution < 1.29 is 14.6 Å². The lowest BCUT2D eigenvalue weighted by Crippen LogP contribution is -2.30. The van der Waals surface area contributed by atoms with Gasteiger partial charge in [0.15, 0.2) is 0 Å². The SMILES string of the molecule is Cc1cc(C(C#N)c2ccc(Cl)cc2)c(Cl)cc1Nc1ncnc(NNC(=O)c2cccc([N+](=O)[O-])c2)c1[N+](=O)[O-]. The van der Waals surface area contributed by atoms with Crippen LogP contribution >= 0.6 is 23.2 Å². The van der Waals surface area contributed by atoms with Crippen LogP contribution in [-0.4, -0.2) is 25.7 Å². The van der Waals surface area contributed by atoms with Crippen LogP contribution in [-0.2, 0) is 0 Å². The number of nitrogens with zero attached hydrogens (tertiary/aromatic N) is 5. The van der Waals surface area contributed by atoms with Gasteiger partial charge in [-0.1, -0.05) is 47.5 Å². The van der Waals surface area contributed by atoms with E-state index in [4.69, 9.17) is 23.2 Å². The average Bonchev–Trinajstić information content (AvgIpc) is 2.95. The molecule has 0 aliphatic heterocycles. The minimum atomic E-state index is -0.790. The molecule has 1 heterocycles. The number of hydrazine groups is 1. The third-order valence-electron chi connectivity index (χ3n) is 5.86. The highest BCUT2D eigenvalue weighted by atomic mass is 35.5. The van der Waals surface area contributed by atoms with Gasteiger partial charge in [0.1, 0.15) is 6.33 Å². The van der Waals surface area contributed by atoms with Gasteiger partial charge in [0.25, 0.3) is 11.6 Å². The molecule has 0 radical (unpaired) electrons. The summed E-state index contributed by atoms with van der Waals surface area (Å²) in [5.74, 6) is -2.04. The van der Waals surface area contributed by atoms with E-state index in [0.717, 1.165) is 12.4 Å². The zero-order valence-electron chi connectivity index (χ0n) is 21.0. The van der Waals surface area contributed by atoms with Crippen LogP contribution in [0.2, 0.25) is 10.0 Å². The van der Waals surface area contributed by atoms with Crippen molar-refractivity contribution in [2.24, 2.45) is 0 Å². The first-order chi connectivity index (χ1) is 19.6. The first-order valence-electron chi connectivity index (χ1n) is 11.6. The summed E-state index contributed by atoms with van der Waals surface area (Å²) in [5, 5.41) is 36.4. The van der Waals surface area contributed by atoms with Gasteiger partial charge in [0, 0.05) is 33.4 Å². The number of nitrogens with one attached hydrogen (secondary N) is 3. The number of halogens is 2. The highest BCUT2D eigenvalue weighted by molar-refractivity contribution is 6.32. The van der Waals surface area contributed by atoms with Gasteiger partial charge >= 0.3 is 5.69 Å². The summed E-state index contributed by atoms with van der Waals surface area (Å²) in [6, 6.07) is 17.2. The molecule has 0 spiro atoms. The van der Waals surface area contributed by atoms with Crippen LogP contribution in [0.25, 0.3) is 0 Å². The number of benzene rings is 3. The van der Waals surface area contributed by atoms with E-state index in [9.17, 15) is 30.3 Å². The smallest absolute Gasteiger partial charge is 0.334 e. The molecule has 1 amide bonds. The number of hydrogen-bond acceptors (Lipinski definition) is 10. The molecule has 13 nitrogen and oxygen atoms in total. The average molecular weight is 593 g/mol. The van der Waals surface area contributed by atoms with Crippen molar-refractivity contribution in [3.8, 4) is 6.07 Å². The number of aryl methyl sites for hydroxylation is 1. The molecule has 3 aromatic carbocycles. The number of non-ortho nitro benzene ring substituents is 1. The van der Waals surface area contributed by atoms with Crippen molar-refractivity contribution >= 4 is 57.8 Å². The zero-order chi connectivity index (χ0) is 29.7. The van der Waals surface area contributed by atoms with Crippen LogP contribution in [0.1, 0.15) is 33.0 Å². The predicted molar refractivity (Wildman–Crippen MR) is 151 cm³/mol. The maximum atomic E-state index is 12.5. The number of nitro benzene ring substituents is 1. The van der Waals surface area contributed by atoms with Gasteiger partial charge in [0.2, 0.25) is 11.6 Å². The number of rotatable bonds is 9. The number of carbonyl (C=O) groups excluding carboxylic acids is 1. The number of hydrogen-bond donors (Lipinski definition) is 3. The maximum Gasteiger partial charge on any atom is 0.355 e. The Morgan fingerprint density at radius 1 is 1.00 bits per heavy atom. The summed E-state index contributed by atoms with van der Waals surface area (Å²) in [4.78, 5) is 41.9. The van der Waals surface area contributed by atoms with Crippen LogP contribution in [0.5, 0.6) is 0 Å². The number of aromatic nitrogens is 2. The molecule has 206 valence electrons. The molecular weight excluding hydrogens is 575 g/mol. The molecule has 0 fully saturated rings. The van der Waals surface area contributed by atoms with Crippen molar-refractivity contribution in [1.82, 2.24) is 15.4 Å². The summed E-state index contributed by atoms with van der Waals surface area (Å²) < 4.78 is 0. The van der Waals surface area contributed by atoms with E-state index < -0.39 is 27.4 Å². The third-order valence-corrected chi connectivity index (χ3v) is 6.44. The molecule has 0 bridgehead atoms. The molecule has 1 atom stereocenters. The quantitative estimate of drug-likeness (QED) is 0.152. The van der Waals surface area contributed by atoms with E-state index in [1.165, 1.54) is 24.3 Å². The molecule has 4 aromatic rings. The second-order valence-electron chi connectivity index (χ2n) is 8.49. The Morgan fingerprint density at radius 2 is 1.71 bits per heavy atom. The summed E-state index contributed by atoms with van der Waals surface area (Å²) in [5.41, 5.74) is 5.87. The molecule has 15 heteroatoms. The molecule has 0 saturated carbocycles. The summed E-state index contributed by atoms with van der Waals surface area (Å²) in [6.45, 7) is 1.73. The van der Waals surface area contributed by atoms with E-state index in [0.29, 0.717) is 27.4 Å². The number of carbonyl (C=O) groups is 1. The molecule has 1 aromatic heterocycles. The van der Waals surface area contributed by atoms with Gasteiger partial charge in [-0.25, -0.2) is 9.97 Å². The molecule has 41 heavy (non-hydrogen) atoms. The lowest BCUT2D eigenvalue weighted by atomic mass is 9.91. The van der Waals surface area contributed by atoms with Gasteiger partial charge in [-0.05, 0) is 47.9 Å². The van der Waals surface area contributed by atoms with Crippen LogP contribution in [0.3, 0.4) is 0 Å². The van der Waals surface area contributed by atoms with E-state index in [-0.39, 0.29) is 27.9 Å². The topological polar surface area (TPSA) is 189 Å². The Morgan fingerprint density at radius 3 is 2.37 bits per heavy atom. The van der Waals surface area contributed by atoms with Gasteiger partial charge in [-0.3, -0.25) is 35.9 Å². The van der Waals surface area contributed by atoms with E-state index in [1.54, 1.807) is 37.3 Å². The first-order valence-corrected chi connectivity index (χ1v) is 12.4. The van der Waals surface area contributed by atoms with Crippen molar-refractivity contribution in [2.75, 3.05) is 10.7 Å². The van der Waals surface area contributed by atoms with Gasteiger partial charge in [0.05, 0.1) is 21.8 Å². The zero-order valence-corrected chi connectivity index (χ0v) is 22.5. The Labute approximate surface area is 242 Å². The summed E-state index contributed by atoms with van der Waals surface area (Å²) in [6.07, 6.45) is 1.04. The normalized spacial score (nSPS) is 11.2. The molecule has 0 saturated heterocycles. The van der Waals surface area contributed by atoms with Crippen molar-refractivity contribution in [3.05, 3.63) is 120 Å². The van der Waals surface area contributed by atoms with Gasteiger partial charge in [-0.2, -0.15) is 5.26 Å². The Balaban J connectivity index is 1.60. The standard InChI is InChI=1S/C26H18Cl2N8O5/c1-14-9-19(20(12-29)15-5-7-17(27)8-6-15)21(28)11-22(14)32-24-23(36(40)41)25(31-13-30-24)33-34-26(37)16-3-2-4-18(10-16)35(38)39/h2-11,13,20H,1H3,(H,34,37)(H2,30,31,32,33). The largest absolute Gasteiger partial charge is 0.355 e. The fraction of sp³-hybridized carbons (Fsp3) is 0.0769. The number of amides is 1. The van der Waals surface area contributed by atoms with E-state index in [1.807, 2.05) is 0 Å². The van der Waals surface area contributed by atoms with Crippen molar-refractivity contribution in [2.45, 2.75) is 12.8 Å². The Kier molecular flexibility index (Phi) is 8.57. The number of nitro groups is 2. The van der Waals surface area contributed by atoms with Crippen LogP contribution in [0, 0.1) is 38.5 Å². The van der Waals surface area contributed by atoms with Gasteiger partial charge in [-0.15, -0.1) is 0 Å². The number of anilines is 3. The fourth-order valence-electron chi connectivity index (χ4n) is 3.85. The molecular formula is C26H18Cl2N8O5. The second-order valence-corrected chi connectivity index (χ2v) is 9.33. The number of nitriles is 1. The minimum Gasteiger partial charge on any atom is -0.334 e. The minimum absolute atomic E-state index is 0.0543. The van der Waals surface area contributed by atoms with Gasteiger partial charge < -0.3 is 5.32 Å². The van der Waals surface area contributed by atoms with Crippen molar-refractivity contribution in [3.63, 3.8) is 0 Å². The Bertz CT molecular complexity index is 1710. The first kappa shape index (κ1) is 28.7. The molecule has 0 aliphatic carbocycles. The third kappa shape index (κ3) is 6.47. The summed E-state index contributed by atoms with van der Waals surface area (Å²) in [7, 11) is 0. The lowest BCUT2D eigenvalue weighted by Gasteiger charge is -2.17. The Hall–Kier alpha value is -5.32. The molecule has 3 N–H and O–H groups in total. The lowest BCUT2D eigenvalue weighted by molar-refractivity contribution is -0.384. The predicted octanol–water partition coefficient (Wildman–Crippen LogP) is 6.06. The molecule has 4 rings (SSSR count). The molecule has 0 aliphatic rings. The van der Waals surface area contributed by atoms with Crippen LogP contribution in [0.4, 0.5) is 28.7 Å². The van der Waals surface area contributed by atoms with E-state index in [2.05, 4.69) is 32.2 Å². The highest BCUT2D eigenvalue weighted by Gasteiger charge is 2.25. The maximum absolute atomic E-state index is 12.5. The fourth-order valence-corrected chi connectivity index (χ4v) is 4.25. The van der Waals surface area contributed by atoms with E-state index >= 15 is 0 Å². The van der Waals surface area contributed by atoms with Crippen LogP contribution in [0.15, 0.2) is 67.0 Å². The molecule has 1 unspecified atom stereocenters. The second kappa shape index (κ2) is 12.2.